The van der Waals surface area contributed by atoms with Crippen LogP contribution in [0.1, 0.15) is 16.2 Å². The van der Waals surface area contributed by atoms with Crippen molar-refractivity contribution >= 4 is 23.3 Å². The van der Waals surface area contributed by atoms with Crippen LogP contribution in [-0.2, 0) is 6.61 Å². The molecule has 8 heteroatoms. The Balaban J connectivity index is 1.67. The molecule has 2 aromatic heterocycles. The highest BCUT2D eigenvalue weighted by Gasteiger charge is 2.25. The largest absolute Gasteiger partial charge is 0.485 e. The number of hydrogen-bond acceptors (Lipinski definition) is 4. The van der Waals surface area contributed by atoms with Crippen molar-refractivity contribution in [2.45, 2.75) is 6.61 Å². The van der Waals surface area contributed by atoms with E-state index in [1.165, 1.54) is 18.5 Å². The Bertz CT molecular complexity index is 957. The second kappa shape index (κ2) is 5.61. The normalized spacial score (nSPS) is 12.1. The number of nitrogens with one attached hydrogen (secondary N) is 1. The second-order valence-corrected chi connectivity index (χ2v) is 5.50. The van der Waals surface area contributed by atoms with Crippen molar-refractivity contribution in [2.24, 2.45) is 0 Å². The molecule has 120 valence electrons. The number of benzene rings is 1. The van der Waals surface area contributed by atoms with E-state index in [4.69, 9.17) is 16.3 Å². The molecule has 0 spiro atoms. The smallest absolute Gasteiger partial charge is 0.277 e. The van der Waals surface area contributed by atoms with Gasteiger partial charge in [0.1, 0.15) is 35.5 Å². The highest BCUT2D eigenvalue weighted by atomic mass is 35.5. The molecule has 0 radical (unpaired) electrons. The molecule has 0 saturated heterocycles. The molecule has 0 bridgehead atoms. The van der Waals surface area contributed by atoms with Gasteiger partial charge in [-0.1, -0.05) is 17.7 Å². The lowest BCUT2D eigenvalue weighted by molar-refractivity contribution is 0.101. The molecule has 4 rings (SSSR count). The minimum absolute atomic E-state index is 0.113. The number of carbonyl (C=O) groups excluding carboxylic acids is 1. The number of nitrogens with zero attached hydrogens (tertiary/aromatic N) is 3. The van der Waals surface area contributed by atoms with Crippen molar-refractivity contribution in [3.63, 3.8) is 0 Å². The maximum absolute atomic E-state index is 13.3. The van der Waals surface area contributed by atoms with Crippen molar-refractivity contribution in [1.29, 1.82) is 0 Å². The van der Waals surface area contributed by atoms with Gasteiger partial charge in [0.25, 0.3) is 5.91 Å². The average molecular weight is 345 g/mol. The lowest BCUT2D eigenvalue weighted by Crippen LogP contribution is -2.19. The van der Waals surface area contributed by atoms with Crippen molar-refractivity contribution < 1.29 is 13.9 Å². The summed E-state index contributed by atoms with van der Waals surface area (Å²) in [7, 11) is 0. The van der Waals surface area contributed by atoms with Gasteiger partial charge in [0.2, 0.25) is 0 Å². The first-order valence-electron chi connectivity index (χ1n) is 7.04. The van der Waals surface area contributed by atoms with E-state index in [1.807, 2.05) is 0 Å². The second-order valence-electron chi connectivity index (χ2n) is 5.11. The number of carbonyl (C=O) groups is 1. The summed E-state index contributed by atoms with van der Waals surface area (Å²) in [6.45, 7) is 0.113. The molecule has 1 aliphatic rings. The first kappa shape index (κ1) is 14.6. The lowest BCUT2D eigenvalue weighted by Gasteiger charge is -2.20. The summed E-state index contributed by atoms with van der Waals surface area (Å²) in [4.78, 5) is 20.6. The van der Waals surface area contributed by atoms with E-state index in [1.54, 1.807) is 28.8 Å². The Morgan fingerprint density at radius 3 is 3.04 bits per heavy atom. The number of fused-ring (bicyclic) bond motifs is 3. The van der Waals surface area contributed by atoms with Crippen LogP contribution in [-0.4, -0.2) is 20.4 Å². The van der Waals surface area contributed by atoms with Crippen LogP contribution < -0.4 is 10.1 Å². The molecule has 3 heterocycles. The Morgan fingerprint density at radius 1 is 1.33 bits per heavy atom. The summed E-state index contributed by atoms with van der Waals surface area (Å²) < 4.78 is 20.5. The van der Waals surface area contributed by atoms with Crippen LogP contribution in [0.4, 0.5) is 10.2 Å². The fourth-order valence-electron chi connectivity index (χ4n) is 2.51. The van der Waals surface area contributed by atoms with Gasteiger partial charge in [-0.05, 0) is 24.3 Å². The van der Waals surface area contributed by atoms with Gasteiger partial charge in [-0.2, -0.15) is 0 Å². The molecule has 1 aliphatic heterocycles. The van der Waals surface area contributed by atoms with Gasteiger partial charge in [0.05, 0.1) is 11.4 Å². The Labute approximate surface area is 140 Å². The summed E-state index contributed by atoms with van der Waals surface area (Å²) in [6.07, 6.45) is 1.51. The maximum atomic E-state index is 13.3. The van der Waals surface area contributed by atoms with Crippen LogP contribution in [0.2, 0.25) is 5.15 Å². The van der Waals surface area contributed by atoms with Gasteiger partial charge in [-0.15, -0.1) is 0 Å². The first-order valence-corrected chi connectivity index (χ1v) is 7.42. The molecular formula is C16H10ClFN4O2. The number of rotatable bonds is 2. The minimum atomic E-state index is -0.423. The topological polar surface area (TPSA) is 69.0 Å². The van der Waals surface area contributed by atoms with Gasteiger partial charge in [-0.25, -0.2) is 14.4 Å². The SMILES string of the molecule is O=C(Nc1cccc(Cl)n1)c1ncn2c1COc1cc(F)ccc1-2. The van der Waals surface area contributed by atoms with Gasteiger partial charge < -0.3 is 10.1 Å². The summed E-state index contributed by atoms with van der Waals surface area (Å²) in [5, 5.41) is 2.92. The Hall–Kier alpha value is -2.93. The standard InChI is InChI=1S/C16H10ClFN4O2/c17-13-2-1-3-14(20-13)21-16(23)15-11-7-24-12-6-9(18)4-5-10(12)22(11)8-19-15/h1-6,8H,7H2,(H,20,21,23). The van der Waals surface area contributed by atoms with E-state index in [0.717, 1.165) is 0 Å². The van der Waals surface area contributed by atoms with Crippen LogP contribution >= 0.6 is 11.6 Å². The number of imidazole rings is 1. The third kappa shape index (κ3) is 2.48. The molecule has 1 N–H and O–H groups in total. The van der Waals surface area contributed by atoms with Crippen molar-refractivity contribution in [3.8, 4) is 11.4 Å². The summed E-state index contributed by atoms with van der Waals surface area (Å²) >= 11 is 5.80. The van der Waals surface area contributed by atoms with E-state index in [0.29, 0.717) is 22.9 Å². The quantitative estimate of drug-likeness (QED) is 0.725. The lowest BCUT2D eigenvalue weighted by atomic mass is 10.2. The molecule has 0 fully saturated rings. The van der Waals surface area contributed by atoms with E-state index in [2.05, 4.69) is 15.3 Å². The summed E-state index contributed by atoms with van der Waals surface area (Å²) in [5.74, 6) is -0.0770. The molecule has 0 unspecified atom stereocenters. The van der Waals surface area contributed by atoms with Gasteiger partial charge in [0.15, 0.2) is 5.69 Å². The fraction of sp³-hybridized carbons (Fsp3) is 0.0625. The highest BCUT2D eigenvalue weighted by Crippen LogP contribution is 2.31. The third-order valence-corrected chi connectivity index (χ3v) is 3.79. The molecule has 1 aromatic carbocycles. The minimum Gasteiger partial charge on any atom is -0.485 e. The van der Waals surface area contributed by atoms with Crippen molar-refractivity contribution in [2.75, 3.05) is 5.32 Å². The zero-order valence-electron chi connectivity index (χ0n) is 12.2. The molecule has 3 aromatic rings. The molecule has 24 heavy (non-hydrogen) atoms. The number of hydrogen-bond donors (Lipinski definition) is 1. The van der Waals surface area contributed by atoms with Crippen LogP contribution in [0.15, 0.2) is 42.7 Å². The predicted octanol–water partition coefficient (Wildman–Crippen LogP) is 3.20. The van der Waals surface area contributed by atoms with Crippen LogP contribution in [0.3, 0.4) is 0 Å². The average Bonchev–Trinajstić information content (AvgIpc) is 2.99. The van der Waals surface area contributed by atoms with Gasteiger partial charge in [0, 0.05) is 6.07 Å². The van der Waals surface area contributed by atoms with Crippen molar-refractivity contribution in [1.82, 2.24) is 14.5 Å². The zero-order valence-corrected chi connectivity index (χ0v) is 12.9. The zero-order chi connectivity index (χ0) is 16.7. The molecule has 1 amide bonds. The molecule has 0 atom stereocenters. The summed E-state index contributed by atoms with van der Waals surface area (Å²) in [6, 6.07) is 9.12. The van der Waals surface area contributed by atoms with Crippen LogP contribution in [0.25, 0.3) is 5.69 Å². The van der Waals surface area contributed by atoms with E-state index >= 15 is 0 Å². The van der Waals surface area contributed by atoms with Crippen LogP contribution in [0.5, 0.6) is 5.75 Å². The number of aromatic nitrogens is 3. The molecular weight excluding hydrogens is 335 g/mol. The number of anilines is 1. The highest BCUT2D eigenvalue weighted by molar-refractivity contribution is 6.29. The maximum Gasteiger partial charge on any atom is 0.277 e. The number of amides is 1. The Kier molecular flexibility index (Phi) is 3.42. The first-order chi connectivity index (χ1) is 11.6. The molecule has 6 nitrogen and oxygen atoms in total. The molecule has 0 aliphatic carbocycles. The van der Waals surface area contributed by atoms with Crippen molar-refractivity contribution in [3.05, 3.63) is 65.1 Å². The number of pyridine rings is 1. The van der Waals surface area contributed by atoms with E-state index < -0.39 is 5.91 Å². The Morgan fingerprint density at radius 2 is 2.21 bits per heavy atom. The monoisotopic (exact) mass is 344 g/mol. The van der Waals surface area contributed by atoms with E-state index in [-0.39, 0.29) is 23.3 Å². The van der Waals surface area contributed by atoms with Crippen LogP contribution in [0, 0.1) is 5.82 Å². The van der Waals surface area contributed by atoms with Gasteiger partial charge in [-0.3, -0.25) is 9.36 Å². The molecule has 0 saturated carbocycles. The van der Waals surface area contributed by atoms with E-state index in [9.17, 15) is 9.18 Å². The number of halogens is 2. The summed E-state index contributed by atoms with van der Waals surface area (Å²) in [5.41, 5.74) is 1.42. The van der Waals surface area contributed by atoms with Gasteiger partial charge >= 0.3 is 0 Å². The number of ether oxygens (including phenoxy) is 1. The predicted molar refractivity (Wildman–Crippen MR) is 85.1 cm³/mol. The fourth-order valence-corrected chi connectivity index (χ4v) is 2.67. The third-order valence-electron chi connectivity index (χ3n) is 3.58.